The molecule has 7 nitrogen and oxygen atoms in total. The molecule has 1 fully saturated rings. The normalized spacial score (nSPS) is 18.5. The molecule has 1 N–H and O–H groups in total. The predicted octanol–water partition coefficient (Wildman–Crippen LogP) is 2.44. The number of sulfone groups is 1. The second-order valence-electron chi connectivity index (χ2n) is 6.36. The summed E-state index contributed by atoms with van der Waals surface area (Å²) in [6, 6.07) is 8.91. The lowest BCUT2D eigenvalue weighted by Crippen LogP contribution is -2.36. The number of aromatic nitrogens is 2. The molecule has 0 spiro atoms. The molecular weight excluding hydrogens is 352 g/mol. The van der Waals surface area contributed by atoms with Crippen LogP contribution in [0.2, 0.25) is 0 Å². The van der Waals surface area contributed by atoms with E-state index in [2.05, 4.69) is 15.3 Å². The molecule has 0 radical (unpaired) electrons. The fourth-order valence-electron chi connectivity index (χ4n) is 3.14. The minimum atomic E-state index is -2.96. The summed E-state index contributed by atoms with van der Waals surface area (Å²) in [5.41, 5.74) is 1.46. The number of carbonyl (C=O) groups excluding carboxylic acids is 1. The average molecular weight is 374 g/mol. The number of carbonyl (C=O) groups is 1. The molecule has 1 aromatic heterocycles. The lowest BCUT2D eigenvalue weighted by atomic mass is 10.1. The second-order valence-corrected chi connectivity index (χ2v) is 8.59. The highest BCUT2D eigenvalue weighted by Gasteiger charge is 2.32. The third-order valence-corrected chi connectivity index (χ3v) is 6.25. The number of hydrogen-bond acceptors (Lipinski definition) is 7. The molecular formula is C18H22N4O3S. The number of hydrogen-bond donors (Lipinski definition) is 1. The van der Waals surface area contributed by atoms with Gasteiger partial charge >= 0.3 is 0 Å². The van der Waals surface area contributed by atoms with Gasteiger partial charge in [-0.1, -0.05) is 0 Å². The molecule has 1 aromatic carbocycles. The lowest BCUT2D eigenvalue weighted by Gasteiger charge is -2.28. The summed E-state index contributed by atoms with van der Waals surface area (Å²) >= 11 is 0. The standard InChI is InChI=1S/C18H22N4O3S/c1-3-22(16-8-9-26(24,25)11-16)18-10-17(19-12-20-18)21-15-6-4-14(5-7-15)13(2)23/h4-7,10,12,16H,3,8-9,11H2,1-2H3,(H,19,20,21). The van der Waals surface area contributed by atoms with Crippen LogP contribution in [0.15, 0.2) is 36.7 Å². The first kappa shape index (κ1) is 18.3. The molecule has 3 rings (SSSR count). The largest absolute Gasteiger partial charge is 0.353 e. The Hall–Kier alpha value is -2.48. The second kappa shape index (κ2) is 7.41. The monoisotopic (exact) mass is 374 g/mol. The topological polar surface area (TPSA) is 92.3 Å². The quantitative estimate of drug-likeness (QED) is 0.776. The van der Waals surface area contributed by atoms with Crippen molar-refractivity contribution < 1.29 is 13.2 Å². The van der Waals surface area contributed by atoms with Gasteiger partial charge in [0.25, 0.3) is 0 Å². The van der Waals surface area contributed by atoms with Crippen molar-refractivity contribution in [2.75, 3.05) is 28.3 Å². The van der Waals surface area contributed by atoms with Crippen molar-refractivity contribution in [3.8, 4) is 0 Å². The molecule has 138 valence electrons. The van der Waals surface area contributed by atoms with E-state index >= 15 is 0 Å². The summed E-state index contributed by atoms with van der Waals surface area (Å²) in [5, 5.41) is 3.19. The molecule has 0 bridgehead atoms. The molecule has 2 aromatic rings. The maximum absolute atomic E-state index is 11.8. The molecule has 0 aliphatic carbocycles. The Morgan fingerprint density at radius 2 is 2.00 bits per heavy atom. The number of anilines is 3. The van der Waals surface area contributed by atoms with E-state index in [9.17, 15) is 13.2 Å². The van der Waals surface area contributed by atoms with Gasteiger partial charge in [0.1, 0.15) is 18.0 Å². The molecule has 1 atom stereocenters. The Kier molecular flexibility index (Phi) is 5.22. The van der Waals surface area contributed by atoms with Gasteiger partial charge in [0, 0.05) is 29.9 Å². The van der Waals surface area contributed by atoms with Crippen LogP contribution in [0, 0.1) is 0 Å². The van der Waals surface area contributed by atoms with Crippen molar-refractivity contribution in [2.45, 2.75) is 26.3 Å². The first-order valence-electron chi connectivity index (χ1n) is 8.55. The maximum atomic E-state index is 11.8. The third-order valence-electron chi connectivity index (χ3n) is 4.50. The summed E-state index contributed by atoms with van der Waals surface area (Å²) in [7, 11) is -2.96. The van der Waals surface area contributed by atoms with E-state index in [1.165, 1.54) is 13.3 Å². The fraction of sp³-hybridized carbons (Fsp3) is 0.389. The van der Waals surface area contributed by atoms with Crippen molar-refractivity contribution in [1.82, 2.24) is 9.97 Å². The van der Waals surface area contributed by atoms with Crippen LogP contribution in [0.25, 0.3) is 0 Å². The van der Waals surface area contributed by atoms with Crippen molar-refractivity contribution in [2.24, 2.45) is 0 Å². The Morgan fingerprint density at radius 1 is 1.27 bits per heavy atom. The zero-order chi connectivity index (χ0) is 18.7. The van der Waals surface area contributed by atoms with E-state index in [-0.39, 0.29) is 23.3 Å². The smallest absolute Gasteiger partial charge is 0.159 e. The van der Waals surface area contributed by atoms with Gasteiger partial charge in [-0.2, -0.15) is 0 Å². The van der Waals surface area contributed by atoms with Crippen LogP contribution in [0.4, 0.5) is 17.3 Å². The van der Waals surface area contributed by atoms with Crippen LogP contribution in [0.5, 0.6) is 0 Å². The number of nitrogens with zero attached hydrogens (tertiary/aromatic N) is 3. The van der Waals surface area contributed by atoms with Gasteiger partial charge in [0.2, 0.25) is 0 Å². The first-order chi connectivity index (χ1) is 12.4. The summed E-state index contributed by atoms with van der Waals surface area (Å²) in [5.74, 6) is 1.73. The van der Waals surface area contributed by atoms with E-state index in [4.69, 9.17) is 0 Å². The van der Waals surface area contributed by atoms with Gasteiger partial charge in [-0.05, 0) is 44.5 Å². The number of ketones is 1. The molecule has 2 heterocycles. The predicted molar refractivity (Wildman–Crippen MR) is 102 cm³/mol. The highest BCUT2D eigenvalue weighted by Crippen LogP contribution is 2.25. The highest BCUT2D eigenvalue weighted by molar-refractivity contribution is 7.91. The molecule has 1 aliphatic heterocycles. The zero-order valence-electron chi connectivity index (χ0n) is 14.8. The number of nitrogens with one attached hydrogen (secondary N) is 1. The Bertz CT molecular complexity index is 897. The number of rotatable bonds is 6. The summed E-state index contributed by atoms with van der Waals surface area (Å²) < 4.78 is 23.6. The summed E-state index contributed by atoms with van der Waals surface area (Å²) in [4.78, 5) is 21.9. The van der Waals surface area contributed by atoms with Gasteiger partial charge in [-0.3, -0.25) is 4.79 Å². The van der Waals surface area contributed by atoms with Crippen LogP contribution >= 0.6 is 0 Å². The molecule has 8 heteroatoms. The van der Waals surface area contributed by atoms with Crippen molar-refractivity contribution in [3.63, 3.8) is 0 Å². The van der Waals surface area contributed by atoms with Crippen LogP contribution in [0.3, 0.4) is 0 Å². The summed E-state index contributed by atoms with van der Waals surface area (Å²) in [6.45, 7) is 4.19. The summed E-state index contributed by atoms with van der Waals surface area (Å²) in [6.07, 6.45) is 2.09. The third kappa shape index (κ3) is 4.19. The minimum Gasteiger partial charge on any atom is -0.353 e. The van der Waals surface area contributed by atoms with Crippen LogP contribution in [-0.4, -0.2) is 48.3 Å². The number of benzene rings is 1. The van der Waals surface area contributed by atoms with Crippen LogP contribution in [0.1, 0.15) is 30.6 Å². The lowest BCUT2D eigenvalue weighted by molar-refractivity contribution is 0.101. The molecule has 1 saturated heterocycles. The fourth-order valence-corrected chi connectivity index (χ4v) is 4.87. The van der Waals surface area contributed by atoms with Crippen molar-refractivity contribution in [3.05, 3.63) is 42.2 Å². The van der Waals surface area contributed by atoms with E-state index in [0.717, 1.165) is 5.69 Å². The Morgan fingerprint density at radius 3 is 2.58 bits per heavy atom. The first-order valence-corrected chi connectivity index (χ1v) is 10.4. The zero-order valence-corrected chi connectivity index (χ0v) is 15.7. The van der Waals surface area contributed by atoms with Crippen molar-refractivity contribution >= 4 is 32.9 Å². The van der Waals surface area contributed by atoms with Crippen LogP contribution < -0.4 is 10.2 Å². The van der Waals surface area contributed by atoms with Gasteiger partial charge in [-0.15, -0.1) is 0 Å². The van der Waals surface area contributed by atoms with E-state index in [1.807, 2.05) is 30.0 Å². The maximum Gasteiger partial charge on any atom is 0.159 e. The van der Waals surface area contributed by atoms with Crippen molar-refractivity contribution in [1.29, 1.82) is 0 Å². The van der Waals surface area contributed by atoms with E-state index in [1.54, 1.807) is 12.1 Å². The molecule has 0 saturated carbocycles. The number of Topliss-reactive ketones (excluding diaryl/α,β-unsaturated/α-hetero) is 1. The van der Waals surface area contributed by atoms with Crippen LogP contribution in [-0.2, 0) is 9.84 Å². The molecule has 1 aliphatic rings. The Labute approximate surface area is 153 Å². The molecule has 26 heavy (non-hydrogen) atoms. The van der Waals surface area contributed by atoms with Gasteiger partial charge in [0.15, 0.2) is 15.6 Å². The molecule has 1 unspecified atom stereocenters. The van der Waals surface area contributed by atoms with Gasteiger partial charge in [-0.25, -0.2) is 18.4 Å². The highest BCUT2D eigenvalue weighted by atomic mass is 32.2. The van der Waals surface area contributed by atoms with E-state index in [0.29, 0.717) is 30.2 Å². The average Bonchev–Trinajstić information content (AvgIpc) is 2.96. The van der Waals surface area contributed by atoms with E-state index < -0.39 is 9.84 Å². The van der Waals surface area contributed by atoms with Gasteiger partial charge < -0.3 is 10.2 Å². The SMILES string of the molecule is CCN(c1cc(Nc2ccc(C(C)=O)cc2)ncn1)C1CCS(=O)(=O)C1. The van der Waals surface area contributed by atoms with Gasteiger partial charge in [0.05, 0.1) is 11.5 Å². The minimum absolute atomic E-state index is 0.0194. The Balaban J connectivity index is 1.77. The molecule has 0 amide bonds.